The number of hydrogen-bond donors (Lipinski definition) is 2. The first-order valence-electron chi connectivity index (χ1n) is 10.3. The zero-order chi connectivity index (χ0) is 19.1. The lowest BCUT2D eigenvalue weighted by Gasteiger charge is -2.33. The Morgan fingerprint density at radius 1 is 1.15 bits per heavy atom. The Hall–Kier alpha value is -1.95. The highest BCUT2D eigenvalue weighted by atomic mass is 16.4. The van der Waals surface area contributed by atoms with Crippen LogP contribution in [0.15, 0.2) is 12.1 Å². The predicted octanol–water partition coefficient (Wildman–Crippen LogP) is 3.05. The molecule has 0 amide bonds. The maximum atomic E-state index is 12.8. The third-order valence-electron chi connectivity index (χ3n) is 5.64. The van der Waals surface area contributed by atoms with Gasteiger partial charge in [-0.05, 0) is 69.7 Å². The van der Waals surface area contributed by atoms with Gasteiger partial charge in [-0.2, -0.15) is 0 Å². The van der Waals surface area contributed by atoms with Crippen molar-refractivity contribution in [2.75, 3.05) is 25.0 Å². The number of ketones is 1. The number of aliphatic carboxylic acids is 1. The highest BCUT2D eigenvalue weighted by molar-refractivity contribution is 5.84. The number of likely N-dealkylation sites (tertiary alicyclic amines) is 1. The fourth-order valence-electron chi connectivity index (χ4n) is 4.16. The average molecular weight is 373 g/mol. The van der Waals surface area contributed by atoms with Gasteiger partial charge in [0, 0.05) is 25.1 Å². The van der Waals surface area contributed by atoms with Gasteiger partial charge in [-0.25, -0.2) is 4.98 Å². The van der Waals surface area contributed by atoms with Crippen molar-refractivity contribution < 1.29 is 14.7 Å². The molecule has 6 heteroatoms. The van der Waals surface area contributed by atoms with Crippen molar-refractivity contribution in [3.05, 3.63) is 23.4 Å². The molecule has 6 nitrogen and oxygen atoms in total. The fraction of sp³-hybridized carbons (Fsp3) is 0.667. The standard InChI is InChI=1S/C21H31N3O3/c25-19(18(11-12-20(26)27)24-14-2-1-3-15-24)8-4-7-17-10-9-16-6-5-13-22-21(16)23-17/h9-10,18H,1-8,11-15H2,(H,22,23)(H,26,27). The second-order valence-electron chi connectivity index (χ2n) is 7.71. The SMILES string of the molecule is O=C(O)CCC(C(=O)CCCc1ccc2c(n1)NCCC2)N1CCCCC1. The smallest absolute Gasteiger partial charge is 0.303 e. The van der Waals surface area contributed by atoms with E-state index in [0.717, 1.165) is 69.7 Å². The van der Waals surface area contributed by atoms with Crippen LogP contribution in [0.3, 0.4) is 0 Å². The normalized spacial score (nSPS) is 18.4. The second-order valence-corrected chi connectivity index (χ2v) is 7.71. The van der Waals surface area contributed by atoms with Gasteiger partial charge in [-0.3, -0.25) is 14.5 Å². The quantitative estimate of drug-likeness (QED) is 0.692. The minimum atomic E-state index is -0.824. The largest absolute Gasteiger partial charge is 0.481 e. The van der Waals surface area contributed by atoms with Gasteiger partial charge in [0.05, 0.1) is 6.04 Å². The Bertz CT molecular complexity index is 656. The lowest BCUT2D eigenvalue weighted by molar-refractivity contribution is -0.137. The summed E-state index contributed by atoms with van der Waals surface area (Å²) in [5, 5.41) is 12.4. The molecule has 0 saturated carbocycles. The Kier molecular flexibility index (Phi) is 7.21. The van der Waals surface area contributed by atoms with Gasteiger partial charge in [-0.1, -0.05) is 12.5 Å². The lowest BCUT2D eigenvalue weighted by Crippen LogP contribution is -2.44. The molecule has 1 aromatic rings. The molecular weight excluding hydrogens is 342 g/mol. The summed E-state index contributed by atoms with van der Waals surface area (Å²) in [4.78, 5) is 30.7. The van der Waals surface area contributed by atoms with Gasteiger partial charge in [-0.15, -0.1) is 0 Å². The Balaban J connectivity index is 1.52. The average Bonchev–Trinajstić information content (AvgIpc) is 2.68. The second kappa shape index (κ2) is 9.83. The third kappa shape index (κ3) is 5.76. The van der Waals surface area contributed by atoms with Crippen LogP contribution in [0.1, 0.15) is 62.6 Å². The molecule has 1 unspecified atom stereocenters. The van der Waals surface area contributed by atoms with Crippen LogP contribution in [-0.2, 0) is 22.4 Å². The number of nitrogens with one attached hydrogen (secondary N) is 1. The van der Waals surface area contributed by atoms with E-state index in [4.69, 9.17) is 10.1 Å². The van der Waals surface area contributed by atoms with E-state index in [1.54, 1.807) is 0 Å². The molecular formula is C21H31N3O3. The minimum absolute atomic E-state index is 0.0605. The number of rotatable bonds is 9. The summed E-state index contributed by atoms with van der Waals surface area (Å²) in [6, 6.07) is 3.98. The van der Waals surface area contributed by atoms with Crippen LogP contribution in [0, 0.1) is 0 Å². The van der Waals surface area contributed by atoms with Crippen molar-refractivity contribution in [2.45, 2.75) is 70.3 Å². The Morgan fingerprint density at radius 2 is 1.96 bits per heavy atom. The van der Waals surface area contributed by atoms with E-state index in [1.165, 1.54) is 12.0 Å². The van der Waals surface area contributed by atoms with Crippen LogP contribution in [0.2, 0.25) is 0 Å². The van der Waals surface area contributed by atoms with E-state index >= 15 is 0 Å². The molecule has 0 bridgehead atoms. The fourth-order valence-corrected chi connectivity index (χ4v) is 4.16. The molecule has 0 aromatic carbocycles. The number of piperidine rings is 1. The van der Waals surface area contributed by atoms with Crippen LogP contribution in [0.5, 0.6) is 0 Å². The summed E-state index contributed by atoms with van der Waals surface area (Å²) in [6.45, 7) is 2.80. The van der Waals surface area contributed by atoms with E-state index < -0.39 is 5.97 Å². The van der Waals surface area contributed by atoms with Gasteiger partial charge in [0.15, 0.2) is 0 Å². The molecule has 1 aromatic heterocycles. The molecule has 148 valence electrons. The van der Waals surface area contributed by atoms with Crippen molar-refractivity contribution in [3.63, 3.8) is 0 Å². The van der Waals surface area contributed by atoms with Crippen LogP contribution in [0.4, 0.5) is 5.82 Å². The number of aromatic nitrogens is 1. The van der Waals surface area contributed by atoms with Crippen molar-refractivity contribution in [2.24, 2.45) is 0 Å². The molecule has 2 N–H and O–H groups in total. The van der Waals surface area contributed by atoms with E-state index in [-0.39, 0.29) is 18.2 Å². The van der Waals surface area contributed by atoms with Gasteiger partial charge in [0.2, 0.25) is 0 Å². The number of anilines is 1. The monoisotopic (exact) mass is 373 g/mol. The number of carboxylic acid groups (broad SMARTS) is 1. The van der Waals surface area contributed by atoms with E-state index in [2.05, 4.69) is 22.3 Å². The first-order valence-corrected chi connectivity index (χ1v) is 10.3. The number of hydrogen-bond acceptors (Lipinski definition) is 5. The summed E-state index contributed by atoms with van der Waals surface area (Å²) in [5.41, 5.74) is 2.30. The molecule has 1 atom stereocenters. The number of Topliss-reactive ketones (excluding diaryl/α,β-unsaturated/α-hetero) is 1. The highest BCUT2D eigenvalue weighted by Gasteiger charge is 2.27. The first kappa shape index (κ1) is 19.8. The topological polar surface area (TPSA) is 82.5 Å². The zero-order valence-corrected chi connectivity index (χ0v) is 16.1. The minimum Gasteiger partial charge on any atom is -0.481 e. The number of aryl methyl sites for hydroxylation is 2. The summed E-state index contributed by atoms with van der Waals surface area (Å²) in [7, 11) is 0. The van der Waals surface area contributed by atoms with Crippen LogP contribution in [0.25, 0.3) is 0 Å². The summed E-state index contributed by atoms with van der Waals surface area (Å²) >= 11 is 0. The van der Waals surface area contributed by atoms with Crippen molar-refractivity contribution in [1.29, 1.82) is 0 Å². The molecule has 0 aliphatic carbocycles. The Labute approximate surface area is 161 Å². The highest BCUT2D eigenvalue weighted by Crippen LogP contribution is 2.21. The van der Waals surface area contributed by atoms with Crippen molar-refractivity contribution >= 4 is 17.6 Å². The molecule has 3 rings (SSSR count). The number of fused-ring (bicyclic) bond motifs is 1. The van der Waals surface area contributed by atoms with Gasteiger partial charge >= 0.3 is 5.97 Å². The molecule has 2 aliphatic rings. The maximum absolute atomic E-state index is 12.8. The number of carboxylic acids is 1. The molecule has 1 fully saturated rings. The molecule has 1 saturated heterocycles. The van der Waals surface area contributed by atoms with Gasteiger partial charge in [0.25, 0.3) is 0 Å². The van der Waals surface area contributed by atoms with Crippen molar-refractivity contribution in [1.82, 2.24) is 9.88 Å². The van der Waals surface area contributed by atoms with Gasteiger partial charge in [0.1, 0.15) is 11.6 Å². The third-order valence-corrected chi connectivity index (χ3v) is 5.64. The summed E-state index contributed by atoms with van der Waals surface area (Å²) < 4.78 is 0. The molecule has 2 aliphatic heterocycles. The molecule has 0 radical (unpaired) electrons. The van der Waals surface area contributed by atoms with E-state index in [0.29, 0.717) is 12.8 Å². The number of carbonyl (C=O) groups is 2. The summed E-state index contributed by atoms with van der Waals surface area (Å²) in [6.07, 6.45) is 8.16. The van der Waals surface area contributed by atoms with E-state index in [9.17, 15) is 9.59 Å². The number of carbonyl (C=O) groups excluding carboxylic acids is 1. The first-order chi connectivity index (χ1) is 13.1. The van der Waals surface area contributed by atoms with E-state index in [1.807, 2.05) is 0 Å². The Morgan fingerprint density at radius 3 is 2.74 bits per heavy atom. The van der Waals surface area contributed by atoms with Crippen molar-refractivity contribution in [3.8, 4) is 0 Å². The van der Waals surface area contributed by atoms with Crippen LogP contribution in [-0.4, -0.2) is 52.4 Å². The van der Waals surface area contributed by atoms with Crippen LogP contribution >= 0.6 is 0 Å². The lowest BCUT2D eigenvalue weighted by atomic mass is 9.97. The molecule has 0 spiro atoms. The van der Waals surface area contributed by atoms with Gasteiger partial charge < -0.3 is 10.4 Å². The predicted molar refractivity (Wildman–Crippen MR) is 105 cm³/mol. The maximum Gasteiger partial charge on any atom is 0.303 e. The number of nitrogens with zero attached hydrogens (tertiary/aromatic N) is 2. The number of pyridine rings is 1. The molecule has 27 heavy (non-hydrogen) atoms. The summed E-state index contributed by atoms with van der Waals surface area (Å²) in [5.74, 6) is 0.363. The zero-order valence-electron chi connectivity index (χ0n) is 16.1. The molecule has 3 heterocycles. The van der Waals surface area contributed by atoms with Crippen LogP contribution < -0.4 is 5.32 Å².